The number of nitrogens with zero attached hydrogens (tertiary/aromatic N) is 1. The first-order chi connectivity index (χ1) is 8.24. The predicted octanol–water partition coefficient (Wildman–Crippen LogP) is 3.80. The highest BCUT2D eigenvalue weighted by molar-refractivity contribution is 9.10. The van der Waals surface area contributed by atoms with Gasteiger partial charge in [-0.3, -0.25) is 0 Å². The van der Waals surface area contributed by atoms with Gasteiger partial charge in [0.25, 0.3) is 0 Å². The van der Waals surface area contributed by atoms with Crippen LogP contribution in [0.1, 0.15) is 29.4 Å². The molecule has 2 nitrogen and oxygen atoms in total. The third-order valence-electron chi connectivity index (χ3n) is 3.20. The van der Waals surface area contributed by atoms with Crippen molar-refractivity contribution in [2.24, 2.45) is 5.92 Å². The maximum absolute atomic E-state index is 10.0. The van der Waals surface area contributed by atoms with Crippen LogP contribution in [0.2, 0.25) is 0 Å². The van der Waals surface area contributed by atoms with Crippen molar-refractivity contribution in [3.8, 4) is 0 Å². The third-order valence-corrected chi connectivity index (χ3v) is 5.11. The van der Waals surface area contributed by atoms with Crippen LogP contribution in [0.25, 0.3) is 0 Å². The molecule has 1 fully saturated rings. The molecule has 1 aliphatic rings. The Morgan fingerprint density at radius 2 is 2.29 bits per heavy atom. The second-order valence-electron chi connectivity index (χ2n) is 4.59. The lowest BCUT2D eigenvalue weighted by Crippen LogP contribution is -1.99. The monoisotopic (exact) mass is 311 g/mol. The van der Waals surface area contributed by atoms with Crippen molar-refractivity contribution in [3.63, 3.8) is 0 Å². The summed E-state index contributed by atoms with van der Waals surface area (Å²) >= 11 is 5.29. The minimum absolute atomic E-state index is 0.261. The molecule has 0 aliphatic heterocycles. The third kappa shape index (κ3) is 2.49. The van der Waals surface area contributed by atoms with Crippen molar-refractivity contribution in [2.45, 2.75) is 25.5 Å². The Labute approximate surface area is 113 Å². The molecule has 17 heavy (non-hydrogen) atoms. The zero-order chi connectivity index (χ0) is 11.8. The van der Waals surface area contributed by atoms with Crippen LogP contribution >= 0.6 is 27.3 Å². The second-order valence-corrected chi connectivity index (χ2v) is 6.45. The summed E-state index contributed by atoms with van der Waals surface area (Å²) in [6.45, 7) is 0.871. The fourth-order valence-electron chi connectivity index (χ4n) is 2.02. The average Bonchev–Trinajstić information content (AvgIpc) is 2.95. The molecule has 2 aromatic heterocycles. The first-order valence-corrected chi connectivity index (χ1v) is 7.47. The van der Waals surface area contributed by atoms with E-state index in [0.29, 0.717) is 5.92 Å². The van der Waals surface area contributed by atoms with Crippen LogP contribution in [0.4, 0.5) is 0 Å². The van der Waals surface area contributed by atoms with Crippen molar-refractivity contribution in [2.75, 3.05) is 0 Å². The molecule has 0 spiro atoms. The molecule has 1 atom stereocenters. The van der Waals surface area contributed by atoms with Gasteiger partial charge in [-0.05, 0) is 57.8 Å². The first kappa shape index (κ1) is 11.5. The summed E-state index contributed by atoms with van der Waals surface area (Å²) in [5.41, 5.74) is 1.06. The molecule has 0 bridgehead atoms. The molecular weight excluding hydrogens is 298 g/mol. The highest BCUT2D eigenvalue weighted by Gasteiger charge is 2.31. The minimum atomic E-state index is -0.261. The summed E-state index contributed by atoms with van der Waals surface area (Å²) < 4.78 is 3.30. The van der Waals surface area contributed by atoms with E-state index in [0.717, 1.165) is 12.1 Å². The highest BCUT2D eigenvalue weighted by atomic mass is 79.9. The van der Waals surface area contributed by atoms with Gasteiger partial charge in [0, 0.05) is 21.7 Å². The van der Waals surface area contributed by atoms with Crippen molar-refractivity contribution in [1.82, 2.24) is 4.57 Å². The zero-order valence-corrected chi connectivity index (χ0v) is 11.7. The summed E-state index contributed by atoms with van der Waals surface area (Å²) in [6.07, 6.45) is 6.19. The molecule has 3 rings (SSSR count). The van der Waals surface area contributed by atoms with E-state index in [2.05, 4.69) is 38.1 Å². The lowest BCUT2D eigenvalue weighted by molar-refractivity contribution is 0.154. The first-order valence-electron chi connectivity index (χ1n) is 5.79. The fraction of sp³-hybridized carbons (Fsp3) is 0.385. The van der Waals surface area contributed by atoms with E-state index in [-0.39, 0.29) is 6.10 Å². The van der Waals surface area contributed by atoms with Gasteiger partial charge in [0.1, 0.15) is 0 Å². The van der Waals surface area contributed by atoms with E-state index in [1.165, 1.54) is 22.2 Å². The van der Waals surface area contributed by atoms with Crippen molar-refractivity contribution in [1.29, 1.82) is 0 Å². The van der Waals surface area contributed by atoms with Gasteiger partial charge in [0.2, 0.25) is 0 Å². The number of aliphatic hydroxyl groups is 1. The van der Waals surface area contributed by atoms with Gasteiger partial charge in [0.15, 0.2) is 0 Å². The van der Waals surface area contributed by atoms with Gasteiger partial charge < -0.3 is 9.67 Å². The highest BCUT2D eigenvalue weighted by Crippen LogP contribution is 2.40. The largest absolute Gasteiger partial charge is 0.388 e. The summed E-state index contributed by atoms with van der Waals surface area (Å²) in [4.78, 5) is 1.31. The number of rotatable bonds is 4. The van der Waals surface area contributed by atoms with E-state index in [1.807, 2.05) is 12.3 Å². The van der Waals surface area contributed by atoms with Crippen molar-refractivity contribution >= 4 is 27.3 Å². The molecule has 0 saturated heterocycles. The maximum Gasteiger partial charge on any atom is 0.0832 e. The fourth-order valence-corrected chi connectivity index (χ4v) is 3.51. The zero-order valence-electron chi connectivity index (χ0n) is 9.34. The standard InChI is InChI=1S/C13H14BrNOS/c14-11-4-6-17-12(11)8-15-5-3-10(7-15)13(16)9-1-2-9/h3-7,9,13,16H,1-2,8H2. The quantitative estimate of drug-likeness (QED) is 0.912. The Balaban J connectivity index is 1.74. The summed E-state index contributed by atoms with van der Waals surface area (Å²) in [5, 5.41) is 12.1. The molecule has 1 aliphatic carbocycles. The Morgan fingerprint density at radius 3 is 2.94 bits per heavy atom. The molecule has 0 amide bonds. The number of thiophene rings is 1. The Hall–Kier alpha value is -0.580. The molecule has 0 radical (unpaired) electrons. The predicted molar refractivity (Wildman–Crippen MR) is 73.2 cm³/mol. The van der Waals surface area contributed by atoms with E-state index in [9.17, 15) is 5.11 Å². The summed E-state index contributed by atoms with van der Waals surface area (Å²) in [6, 6.07) is 4.11. The molecule has 90 valence electrons. The van der Waals surface area contributed by atoms with Gasteiger partial charge >= 0.3 is 0 Å². The Bertz CT molecular complexity index is 515. The van der Waals surface area contributed by atoms with Gasteiger partial charge in [0.05, 0.1) is 12.6 Å². The molecule has 0 aromatic carbocycles. The molecule has 1 unspecified atom stereocenters. The molecular formula is C13H14BrNOS. The number of aromatic nitrogens is 1. The van der Waals surface area contributed by atoms with Crippen molar-refractivity contribution < 1.29 is 5.11 Å². The summed E-state index contributed by atoms with van der Waals surface area (Å²) in [7, 11) is 0. The minimum Gasteiger partial charge on any atom is -0.388 e. The van der Waals surface area contributed by atoms with Crippen LogP contribution in [0.5, 0.6) is 0 Å². The number of hydrogen-bond acceptors (Lipinski definition) is 2. The van der Waals surface area contributed by atoms with Gasteiger partial charge in [-0.2, -0.15) is 0 Å². The molecule has 1 saturated carbocycles. The average molecular weight is 312 g/mol. The van der Waals surface area contributed by atoms with Crippen LogP contribution in [-0.2, 0) is 6.54 Å². The van der Waals surface area contributed by atoms with Gasteiger partial charge in [-0.25, -0.2) is 0 Å². The van der Waals surface area contributed by atoms with Crippen LogP contribution in [-0.4, -0.2) is 9.67 Å². The van der Waals surface area contributed by atoms with Crippen LogP contribution in [0.3, 0.4) is 0 Å². The Kier molecular flexibility index (Phi) is 3.11. The van der Waals surface area contributed by atoms with E-state index in [4.69, 9.17) is 0 Å². The number of hydrogen-bond donors (Lipinski definition) is 1. The smallest absolute Gasteiger partial charge is 0.0832 e. The van der Waals surface area contributed by atoms with Gasteiger partial charge in [-0.1, -0.05) is 0 Å². The van der Waals surface area contributed by atoms with Crippen LogP contribution in [0.15, 0.2) is 34.4 Å². The van der Waals surface area contributed by atoms with Crippen LogP contribution in [0, 0.1) is 5.92 Å². The molecule has 4 heteroatoms. The molecule has 2 aromatic rings. The lowest BCUT2D eigenvalue weighted by Gasteiger charge is -2.06. The summed E-state index contributed by atoms with van der Waals surface area (Å²) in [5.74, 6) is 0.499. The number of aliphatic hydroxyl groups excluding tert-OH is 1. The SMILES string of the molecule is OC(c1ccn(Cc2sccc2Br)c1)C1CC1. The van der Waals surface area contributed by atoms with Gasteiger partial charge in [-0.15, -0.1) is 11.3 Å². The lowest BCUT2D eigenvalue weighted by atomic mass is 10.1. The number of halogens is 1. The molecule has 2 heterocycles. The van der Waals surface area contributed by atoms with E-state index >= 15 is 0 Å². The normalized spacial score (nSPS) is 17.3. The molecule has 1 N–H and O–H groups in total. The second kappa shape index (κ2) is 4.59. The van der Waals surface area contributed by atoms with Crippen molar-refractivity contribution in [3.05, 3.63) is 44.8 Å². The van der Waals surface area contributed by atoms with Crippen LogP contribution < -0.4 is 0 Å². The van der Waals surface area contributed by atoms with E-state index < -0.39 is 0 Å². The topological polar surface area (TPSA) is 25.2 Å². The maximum atomic E-state index is 10.0. The Morgan fingerprint density at radius 1 is 1.47 bits per heavy atom. The van der Waals surface area contributed by atoms with E-state index in [1.54, 1.807) is 11.3 Å².